The lowest BCUT2D eigenvalue weighted by Gasteiger charge is -2.12. The number of ether oxygens (including phenoxy) is 1. The SMILES string of the molecule is CNc1nc(C)nc(Oc2cc(C)ccc2Cl)c1C. The Balaban J connectivity index is 2.43. The number of hydrogen-bond donors (Lipinski definition) is 1. The van der Waals surface area contributed by atoms with Crippen LogP contribution in [0.2, 0.25) is 5.02 Å². The second-order valence-electron chi connectivity index (χ2n) is 4.34. The number of aromatic nitrogens is 2. The monoisotopic (exact) mass is 277 g/mol. The Kier molecular flexibility index (Phi) is 3.90. The van der Waals surface area contributed by atoms with Crippen LogP contribution in [0.25, 0.3) is 0 Å². The van der Waals surface area contributed by atoms with Gasteiger partial charge in [0.25, 0.3) is 0 Å². The molecule has 0 atom stereocenters. The van der Waals surface area contributed by atoms with E-state index < -0.39 is 0 Å². The molecule has 4 nitrogen and oxygen atoms in total. The van der Waals surface area contributed by atoms with Gasteiger partial charge in [0.2, 0.25) is 5.88 Å². The summed E-state index contributed by atoms with van der Waals surface area (Å²) < 4.78 is 5.82. The lowest BCUT2D eigenvalue weighted by atomic mass is 10.2. The van der Waals surface area contributed by atoms with Crippen molar-refractivity contribution in [2.24, 2.45) is 0 Å². The van der Waals surface area contributed by atoms with E-state index in [2.05, 4.69) is 15.3 Å². The van der Waals surface area contributed by atoms with E-state index >= 15 is 0 Å². The van der Waals surface area contributed by atoms with Crippen LogP contribution in [0, 0.1) is 20.8 Å². The van der Waals surface area contributed by atoms with Gasteiger partial charge < -0.3 is 10.1 Å². The third kappa shape index (κ3) is 2.96. The lowest BCUT2D eigenvalue weighted by Crippen LogP contribution is -2.03. The van der Waals surface area contributed by atoms with Crippen LogP contribution in [-0.2, 0) is 0 Å². The molecule has 19 heavy (non-hydrogen) atoms. The van der Waals surface area contributed by atoms with Crippen LogP contribution in [0.3, 0.4) is 0 Å². The molecule has 0 saturated carbocycles. The van der Waals surface area contributed by atoms with Gasteiger partial charge in [-0.05, 0) is 38.5 Å². The minimum absolute atomic E-state index is 0.518. The molecule has 0 amide bonds. The summed E-state index contributed by atoms with van der Waals surface area (Å²) in [4.78, 5) is 8.61. The van der Waals surface area contributed by atoms with Crippen molar-refractivity contribution >= 4 is 17.4 Å². The molecule has 0 aliphatic heterocycles. The number of nitrogens with zero attached hydrogens (tertiary/aromatic N) is 2. The first-order valence-corrected chi connectivity index (χ1v) is 6.36. The third-order valence-electron chi connectivity index (χ3n) is 2.74. The molecular weight excluding hydrogens is 262 g/mol. The van der Waals surface area contributed by atoms with Gasteiger partial charge in [-0.15, -0.1) is 0 Å². The van der Waals surface area contributed by atoms with Crippen molar-refractivity contribution in [3.8, 4) is 11.6 Å². The van der Waals surface area contributed by atoms with Crippen molar-refractivity contribution in [2.75, 3.05) is 12.4 Å². The minimum Gasteiger partial charge on any atom is -0.437 e. The van der Waals surface area contributed by atoms with Crippen molar-refractivity contribution in [1.82, 2.24) is 9.97 Å². The van der Waals surface area contributed by atoms with E-state index in [4.69, 9.17) is 16.3 Å². The molecular formula is C14H16ClN3O. The van der Waals surface area contributed by atoms with Crippen molar-refractivity contribution in [3.63, 3.8) is 0 Å². The summed E-state index contributed by atoms with van der Waals surface area (Å²) in [6, 6.07) is 5.64. The fourth-order valence-electron chi connectivity index (χ4n) is 1.74. The number of aryl methyl sites for hydroxylation is 2. The molecule has 1 aromatic heterocycles. The Morgan fingerprint density at radius 2 is 1.89 bits per heavy atom. The molecule has 2 aromatic rings. The molecule has 0 aliphatic rings. The highest BCUT2D eigenvalue weighted by Crippen LogP contribution is 2.32. The minimum atomic E-state index is 0.518. The zero-order chi connectivity index (χ0) is 14.0. The fourth-order valence-corrected chi connectivity index (χ4v) is 1.89. The molecule has 0 saturated heterocycles. The number of rotatable bonds is 3. The van der Waals surface area contributed by atoms with Gasteiger partial charge in [-0.1, -0.05) is 17.7 Å². The van der Waals surface area contributed by atoms with E-state index in [1.54, 1.807) is 0 Å². The van der Waals surface area contributed by atoms with Gasteiger partial charge in [-0.25, -0.2) is 4.98 Å². The molecule has 2 rings (SSSR count). The quantitative estimate of drug-likeness (QED) is 0.925. The summed E-state index contributed by atoms with van der Waals surface area (Å²) >= 11 is 6.13. The second kappa shape index (κ2) is 5.45. The molecule has 5 heteroatoms. The Morgan fingerprint density at radius 1 is 1.16 bits per heavy atom. The van der Waals surface area contributed by atoms with Crippen LogP contribution in [-0.4, -0.2) is 17.0 Å². The van der Waals surface area contributed by atoms with Gasteiger partial charge in [-0.2, -0.15) is 4.98 Å². The zero-order valence-corrected chi connectivity index (χ0v) is 12.2. The number of nitrogens with one attached hydrogen (secondary N) is 1. The van der Waals surface area contributed by atoms with Crippen LogP contribution < -0.4 is 10.1 Å². The summed E-state index contributed by atoms with van der Waals surface area (Å²) in [5.41, 5.74) is 1.93. The first kappa shape index (κ1) is 13.6. The Bertz CT molecular complexity index is 614. The molecule has 0 spiro atoms. The van der Waals surface area contributed by atoms with Crippen molar-refractivity contribution in [3.05, 3.63) is 40.2 Å². The normalized spacial score (nSPS) is 10.4. The highest BCUT2D eigenvalue weighted by molar-refractivity contribution is 6.32. The van der Waals surface area contributed by atoms with E-state index in [1.807, 2.05) is 46.0 Å². The van der Waals surface area contributed by atoms with E-state index in [-0.39, 0.29) is 0 Å². The maximum absolute atomic E-state index is 6.13. The zero-order valence-electron chi connectivity index (χ0n) is 11.4. The first-order valence-electron chi connectivity index (χ1n) is 5.98. The summed E-state index contributed by atoms with van der Waals surface area (Å²) in [7, 11) is 1.82. The van der Waals surface area contributed by atoms with Gasteiger partial charge in [0.15, 0.2) is 0 Å². The summed E-state index contributed by atoms with van der Waals surface area (Å²) in [6.07, 6.45) is 0. The summed E-state index contributed by atoms with van der Waals surface area (Å²) in [5, 5.41) is 3.59. The molecule has 0 aliphatic carbocycles. The number of anilines is 1. The molecule has 1 N–H and O–H groups in total. The van der Waals surface area contributed by atoms with Gasteiger partial charge >= 0.3 is 0 Å². The van der Waals surface area contributed by atoms with E-state index in [9.17, 15) is 0 Å². The van der Waals surface area contributed by atoms with E-state index in [0.29, 0.717) is 22.5 Å². The van der Waals surface area contributed by atoms with Crippen LogP contribution in [0.15, 0.2) is 18.2 Å². The number of halogens is 1. The number of hydrogen-bond acceptors (Lipinski definition) is 4. The maximum atomic E-state index is 6.13. The van der Waals surface area contributed by atoms with Crippen molar-refractivity contribution in [2.45, 2.75) is 20.8 Å². The highest BCUT2D eigenvalue weighted by Gasteiger charge is 2.12. The summed E-state index contributed by atoms with van der Waals surface area (Å²) in [6.45, 7) is 5.72. The predicted molar refractivity (Wildman–Crippen MR) is 77.3 cm³/mol. The molecule has 0 fully saturated rings. The van der Waals surface area contributed by atoms with Gasteiger partial charge in [0.05, 0.1) is 10.6 Å². The average molecular weight is 278 g/mol. The maximum Gasteiger partial charge on any atom is 0.227 e. The van der Waals surface area contributed by atoms with Gasteiger partial charge in [-0.3, -0.25) is 0 Å². The molecule has 0 bridgehead atoms. The largest absolute Gasteiger partial charge is 0.437 e. The van der Waals surface area contributed by atoms with Gasteiger partial charge in [0, 0.05) is 7.05 Å². The Hall–Kier alpha value is -1.81. The standard InChI is InChI=1S/C14H16ClN3O/c1-8-5-6-11(15)12(7-8)19-14-9(2)13(16-4)17-10(3)18-14/h5-7H,1-4H3,(H,16,17,18). The van der Waals surface area contributed by atoms with E-state index in [0.717, 1.165) is 16.9 Å². The number of benzene rings is 1. The van der Waals surface area contributed by atoms with Crippen LogP contribution in [0.5, 0.6) is 11.6 Å². The second-order valence-corrected chi connectivity index (χ2v) is 4.74. The Labute approximate surface area is 117 Å². The van der Waals surface area contributed by atoms with Gasteiger partial charge in [0.1, 0.15) is 17.4 Å². The summed E-state index contributed by atoms with van der Waals surface area (Å²) in [5.74, 6) is 2.52. The molecule has 1 heterocycles. The average Bonchev–Trinajstić information content (AvgIpc) is 2.37. The molecule has 0 unspecified atom stereocenters. The lowest BCUT2D eigenvalue weighted by molar-refractivity contribution is 0.456. The van der Waals surface area contributed by atoms with Crippen LogP contribution >= 0.6 is 11.6 Å². The van der Waals surface area contributed by atoms with Crippen molar-refractivity contribution in [1.29, 1.82) is 0 Å². The predicted octanol–water partition coefficient (Wildman–Crippen LogP) is 3.89. The van der Waals surface area contributed by atoms with E-state index in [1.165, 1.54) is 0 Å². The Morgan fingerprint density at radius 3 is 2.58 bits per heavy atom. The van der Waals surface area contributed by atoms with Crippen LogP contribution in [0.1, 0.15) is 17.0 Å². The topological polar surface area (TPSA) is 47.0 Å². The first-order chi connectivity index (χ1) is 9.01. The van der Waals surface area contributed by atoms with Crippen LogP contribution in [0.4, 0.5) is 5.82 Å². The molecule has 0 radical (unpaired) electrons. The fraction of sp³-hybridized carbons (Fsp3) is 0.286. The highest BCUT2D eigenvalue weighted by atomic mass is 35.5. The smallest absolute Gasteiger partial charge is 0.227 e. The molecule has 1 aromatic carbocycles. The third-order valence-corrected chi connectivity index (χ3v) is 3.06. The van der Waals surface area contributed by atoms with Crippen molar-refractivity contribution < 1.29 is 4.74 Å². The molecule has 100 valence electrons.